The lowest BCUT2D eigenvalue weighted by Crippen LogP contribution is -2.09. The lowest BCUT2D eigenvalue weighted by molar-refractivity contribution is -0.139. The normalized spacial score (nSPS) is 10.2. The van der Waals surface area contributed by atoms with Crippen molar-refractivity contribution in [1.82, 2.24) is 4.98 Å². The quantitative estimate of drug-likeness (QED) is 0.839. The van der Waals surface area contributed by atoms with E-state index >= 15 is 0 Å². The van der Waals surface area contributed by atoms with Gasteiger partial charge in [0.15, 0.2) is 6.61 Å². The molecule has 0 spiro atoms. The van der Waals surface area contributed by atoms with E-state index in [1.54, 1.807) is 24.3 Å². The van der Waals surface area contributed by atoms with Gasteiger partial charge >= 0.3 is 11.9 Å². The van der Waals surface area contributed by atoms with Gasteiger partial charge in [0.2, 0.25) is 0 Å². The Labute approximate surface area is 108 Å². The molecular weight excluding hydrogens is 250 g/mol. The van der Waals surface area contributed by atoms with Crippen LogP contribution in [0.5, 0.6) is 5.75 Å². The van der Waals surface area contributed by atoms with Crippen LogP contribution in [0.3, 0.4) is 0 Å². The van der Waals surface area contributed by atoms with Crippen LogP contribution in [0.15, 0.2) is 30.5 Å². The SMILES string of the molecule is COC(=O)c1ccnc2cc(OCC(=O)O)ccc12. The van der Waals surface area contributed by atoms with E-state index in [-0.39, 0.29) is 0 Å². The summed E-state index contributed by atoms with van der Waals surface area (Å²) in [4.78, 5) is 26.1. The lowest BCUT2D eigenvalue weighted by atomic mass is 10.1. The number of pyridine rings is 1. The van der Waals surface area contributed by atoms with Crippen LogP contribution in [0.4, 0.5) is 0 Å². The molecule has 2 aromatic rings. The minimum atomic E-state index is -1.06. The van der Waals surface area contributed by atoms with E-state index in [2.05, 4.69) is 9.72 Å². The predicted molar refractivity (Wildman–Crippen MR) is 66.2 cm³/mol. The van der Waals surface area contributed by atoms with Gasteiger partial charge in [-0.3, -0.25) is 4.98 Å². The Morgan fingerprint density at radius 1 is 1.32 bits per heavy atom. The third kappa shape index (κ3) is 2.79. The second-order valence-corrected chi connectivity index (χ2v) is 3.71. The monoisotopic (exact) mass is 261 g/mol. The Morgan fingerprint density at radius 3 is 2.79 bits per heavy atom. The van der Waals surface area contributed by atoms with Gasteiger partial charge in [0.05, 0.1) is 18.2 Å². The van der Waals surface area contributed by atoms with Crippen molar-refractivity contribution in [1.29, 1.82) is 0 Å². The molecule has 0 fully saturated rings. The first kappa shape index (κ1) is 12.8. The summed E-state index contributed by atoms with van der Waals surface area (Å²) < 4.78 is 9.72. The molecule has 0 bridgehead atoms. The highest BCUT2D eigenvalue weighted by Gasteiger charge is 2.11. The molecule has 0 aliphatic heterocycles. The summed E-state index contributed by atoms with van der Waals surface area (Å²) in [6.45, 7) is -0.428. The van der Waals surface area contributed by atoms with E-state index in [0.717, 1.165) is 0 Å². The number of carboxylic acid groups (broad SMARTS) is 1. The standard InChI is InChI=1S/C13H11NO5/c1-18-13(17)10-4-5-14-11-6-8(2-3-9(10)11)19-7-12(15)16/h2-6H,7H2,1H3,(H,15,16). The molecule has 0 amide bonds. The molecule has 0 saturated carbocycles. The van der Waals surface area contributed by atoms with Crippen LogP contribution in [0, 0.1) is 0 Å². The minimum absolute atomic E-state index is 0.379. The number of hydrogen-bond acceptors (Lipinski definition) is 5. The van der Waals surface area contributed by atoms with Gasteiger partial charge < -0.3 is 14.6 Å². The molecule has 1 aromatic carbocycles. The molecule has 1 N–H and O–H groups in total. The van der Waals surface area contributed by atoms with Crippen molar-refractivity contribution in [2.75, 3.05) is 13.7 Å². The topological polar surface area (TPSA) is 85.7 Å². The van der Waals surface area contributed by atoms with Gasteiger partial charge in [0.25, 0.3) is 0 Å². The van der Waals surface area contributed by atoms with Gasteiger partial charge in [-0.05, 0) is 18.2 Å². The molecule has 0 aliphatic carbocycles. The molecule has 1 aromatic heterocycles. The maximum absolute atomic E-state index is 11.6. The summed E-state index contributed by atoms with van der Waals surface area (Å²) in [5.41, 5.74) is 0.933. The Bertz CT molecular complexity index is 638. The second-order valence-electron chi connectivity index (χ2n) is 3.71. The first-order valence-corrected chi connectivity index (χ1v) is 5.43. The molecule has 1 heterocycles. The zero-order chi connectivity index (χ0) is 13.8. The van der Waals surface area contributed by atoms with Crippen LogP contribution in [-0.4, -0.2) is 35.7 Å². The molecule has 0 saturated heterocycles. The van der Waals surface area contributed by atoms with E-state index in [1.165, 1.54) is 13.3 Å². The number of esters is 1. The fourth-order valence-electron chi connectivity index (χ4n) is 1.65. The van der Waals surface area contributed by atoms with Crippen LogP contribution >= 0.6 is 0 Å². The fourth-order valence-corrected chi connectivity index (χ4v) is 1.65. The molecule has 19 heavy (non-hydrogen) atoms. The summed E-state index contributed by atoms with van der Waals surface area (Å²) in [6.07, 6.45) is 1.48. The number of rotatable bonds is 4. The van der Waals surface area contributed by atoms with Gasteiger partial charge in [0, 0.05) is 17.6 Å². The van der Waals surface area contributed by atoms with E-state index < -0.39 is 18.5 Å². The molecule has 0 atom stereocenters. The zero-order valence-corrected chi connectivity index (χ0v) is 10.1. The van der Waals surface area contributed by atoms with Crippen LogP contribution < -0.4 is 4.74 Å². The molecule has 0 aliphatic rings. The zero-order valence-electron chi connectivity index (χ0n) is 10.1. The van der Waals surface area contributed by atoms with Crippen molar-refractivity contribution in [2.45, 2.75) is 0 Å². The lowest BCUT2D eigenvalue weighted by Gasteiger charge is -2.07. The van der Waals surface area contributed by atoms with Crippen molar-refractivity contribution in [3.05, 3.63) is 36.0 Å². The Kier molecular flexibility index (Phi) is 3.61. The third-order valence-electron chi connectivity index (χ3n) is 2.48. The van der Waals surface area contributed by atoms with Gasteiger partial charge in [-0.2, -0.15) is 0 Å². The highest BCUT2D eigenvalue weighted by atomic mass is 16.5. The number of aromatic nitrogens is 1. The fraction of sp³-hybridized carbons (Fsp3) is 0.154. The average molecular weight is 261 g/mol. The van der Waals surface area contributed by atoms with E-state index in [9.17, 15) is 9.59 Å². The average Bonchev–Trinajstić information content (AvgIpc) is 2.43. The van der Waals surface area contributed by atoms with Gasteiger partial charge in [-0.25, -0.2) is 9.59 Å². The largest absolute Gasteiger partial charge is 0.482 e. The van der Waals surface area contributed by atoms with E-state index in [1.807, 2.05) is 0 Å². The minimum Gasteiger partial charge on any atom is -0.482 e. The van der Waals surface area contributed by atoms with Crippen LogP contribution in [0.25, 0.3) is 10.9 Å². The van der Waals surface area contributed by atoms with Crippen molar-refractivity contribution in [3.8, 4) is 5.75 Å². The smallest absolute Gasteiger partial charge is 0.341 e. The van der Waals surface area contributed by atoms with Crippen molar-refractivity contribution in [3.63, 3.8) is 0 Å². The Balaban J connectivity index is 2.39. The molecule has 0 unspecified atom stereocenters. The molecule has 0 radical (unpaired) electrons. The first-order valence-electron chi connectivity index (χ1n) is 5.43. The number of carbonyl (C=O) groups is 2. The number of carbonyl (C=O) groups excluding carboxylic acids is 1. The van der Waals surface area contributed by atoms with Gasteiger partial charge in [0.1, 0.15) is 5.75 Å². The molecule has 6 heteroatoms. The summed E-state index contributed by atoms with van der Waals surface area (Å²) in [6, 6.07) is 6.36. The Hall–Kier alpha value is -2.63. The summed E-state index contributed by atoms with van der Waals surface area (Å²) >= 11 is 0. The first-order chi connectivity index (χ1) is 9.11. The number of benzene rings is 1. The number of aliphatic carboxylic acids is 1. The summed E-state index contributed by atoms with van der Waals surface area (Å²) in [5, 5.41) is 9.16. The van der Waals surface area contributed by atoms with E-state index in [0.29, 0.717) is 22.2 Å². The highest BCUT2D eigenvalue weighted by Crippen LogP contribution is 2.22. The number of methoxy groups -OCH3 is 1. The number of fused-ring (bicyclic) bond motifs is 1. The van der Waals surface area contributed by atoms with Crippen LogP contribution in [0.1, 0.15) is 10.4 Å². The van der Waals surface area contributed by atoms with Crippen molar-refractivity contribution >= 4 is 22.8 Å². The molecule has 2 rings (SSSR count). The maximum atomic E-state index is 11.6. The number of ether oxygens (including phenoxy) is 2. The number of hydrogen-bond donors (Lipinski definition) is 1. The van der Waals surface area contributed by atoms with Gasteiger partial charge in [-0.1, -0.05) is 0 Å². The Morgan fingerprint density at radius 2 is 2.11 bits per heavy atom. The molecule has 6 nitrogen and oxygen atoms in total. The predicted octanol–water partition coefficient (Wildman–Crippen LogP) is 1.48. The van der Waals surface area contributed by atoms with E-state index in [4.69, 9.17) is 9.84 Å². The molecular formula is C13H11NO5. The van der Waals surface area contributed by atoms with Gasteiger partial charge in [-0.15, -0.1) is 0 Å². The van der Waals surface area contributed by atoms with Crippen molar-refractivity contribution in [2.24, 2.45) is 0 Å². The summed E-state index contributed by atoms with van der Waals surface area (Å²) in [5.74, 6) is -1.13. The number of nitrogens with zero attached hydrogens (tertiary/aromatic N) is 1. The maximum Gasteiger partial charge on any atom is 0.341 e. The third-order valence-corrected chi connectivity index (χ3v) is 2.48. The van der Waals surface area contributed by atoms with Crippen molar-refractivity contribution < 1.29 is 24.2 Å². The van der Waals surface area contributed by atoms with Crippen LogP contribution in [-0.2, 0) is 9.53 Å². The highest BCUT2D eigenvalue weighted by molar-refractivity contribution is 6.03. The number of carboxylic acids is 1. The van der Waals surface area contributed by atoms with Crippen LogP contribution in [0.2, 0.25) is 0 Å². The second kappa shape index (κ2) is 5.34. The molecule has 98 valence electrons. The summed E-state index contributed by atoms with van der Waals surface area (Å²) in [7, 11) is 1.30.